The van der Waals surface area contributed by atoms with Crippen LogP contribution in [-0.2, 0) is 4.79 Å². The van der Waals surface area contributed by atoms with E-state index < -0.39 is 11.4 Å². The molecule has 10 nitrogen and oxygen atoms in total. The Kier molecular flexibility index (Phi) is 10.8. The molecule has 1 amide bonds. The van der Waals surface area contributed by atoms with Crippen LogP contribution < -0.4 is 25.8 Å². The molecule has 0 spiro atoms. The lowest BCUT2D eigenvalue weighted by atomic mass is 10.2. The van der Waals surface area contributed by atoms with E-state index in [0.29, 0.717) is 34.6 Å². The number of aromatic nitrogens is 3. The first-order valence-corrected chi connectivity index (χ1v) is 13.6. The maximum absolute atomic E-state index is 14.7. The molecular formula is C31H38FN7O3. The first-order chi connectivity index (χ1) is 20.1. The van der Waals surface area contributed by atoms with Gasteiger partial charge in [-0.25, -0.2) is 9.37 Å². The van der Waals surface area contributed by atoms with E-state index in [1.807, 2.05) is 39.9 Å². The summed E-state index contributed by atoms with van der Waals surface area (Å²) < 4.78 is 21.6. The summed E-state index contributed by atoms with van der Waals surface area (Å²) in [6.07, 6.45) is 2.77. The summed E-state index contributed by atoms with van der Waals surface area (Å²) in [5.41, 5.74) is 2.30. The molecule has 222 valence electrons. The lowest BCUT2D eigenvalue weighted by Crippen LogP contribution is -2.29. The molecule has 0 saturated carbocycles. The van der Waals surface area contributed by atoms with Gasteiger partial charge in [0.25, 0.3) is 5.56 Å². The lowest BCUT2D eigenvalue weighted by molar-refractivity contribution is -0.111. The molecule has 0 aliphatic rings. The van der Waals surface area contributed by atoms with E-state index in [4.69, 9.17) is 4.74 Å². The third kappa shape index (κ3) is 7.10. The fourth-order valence-electron chi connectivity index (χ4n) is 4.21. The highest BCUT2D eigenvalue weighted by molar-refractivity contribution is 6.02. The lowest BCUT2D eigenvalue weighted by Gasteiger charge is -2.26. The average molecular weight is 576 g/mol. The number of anilines is 4. The predicted molar refractivity (Wildman–Crippen MR) is 168 cm³/mol. The highest BCUT2D eigenvalue weighted by atomic mass is 19.1. The normalized spacial score (nSPS) is 10.6. The number of carbonyl (C=O) groups is 1. The van der Waals surface area contributed by atoms with Gasteiger partial charge in [-0.05, 0) is 50.9 Å². The summed E-state index contributed by atoms with van der Waals surface area (Å²) in [5.74, 6) is -0.302. The Morgan fingerprint density at radius 2 is 1.83 bits per heavy atom. The largest absolute Gasteiger partial charge is 0.494 e. The smallest absolute Gasteiger partial charge is 0.257 e. The number of pyridine rings is 1. The van der Waals surface area contributed by atoms with Gasteiger partial charge in [-0.15, -0.1) is 0 Å². The van der Waals surface area contributed by atoms with Crippen molar-refractivity contribution in [2.45, 2.75) is 20.8 Å². The van der Waals surface area contributed by atoms with Crippen molar-refractivity contribution in [2.75, 3.05) is 56.9 Å². The molecule has 2 heterocycles. The Labute approximate surface area is 245 Å². The minimum Gasteiger partial charge on any atom is -0.494 e. The van der Waals surface area contributed by atoms with Crippen LogP contribution in [0.3, 0.4) is 0 Å². The van der Waals surface area contributed by atoms with Gasteiger partial charge in [-0.2, -0.15) is 4.98 Å². The highest BCUT2D eigenvalue weighted by Crippen LogP contribution is 2.38. The molecule has 11 heteroatoms. The Hall–Kier alpha value is -4.77. The molecule has 4 aromatic rings. The fraction of sp³-hybridized carbons (Fsp3) is 0.290. The minimum absolute atomic E-state index is 0.0827. The summed E-state index contributed by atoms with van der Waals surface area (Å²) in [6.45, 7) is 10.8. The molecule has 2 N–H and O–H groups in total. The van der Waals surface area contributed by atoms with Crippen LogP contribution in [-0.4, -0.2) is 66.7 Å². The number of ether oxygens (including phenoxy) is 1. The number of halogens is 1. The van der Waals surface area contributed by atoms with Crippen molar-refractivity contribution in [1.82, 2.24) is 19.4 Å². The molecule has 0 unspecified atom stereocenters. The van der Waals surface area contributed by atoms with E-state index in [1.165, 1.54) is 36.0 Å². The molecule has 0 saturated heterocycles. The van der Waals surface area contributed by atoms with E-state index >= 15 is 0 Å². The number of benzene rings is 2. The number of fused-ring (bicyclic) bond motifs is 1. The van der Waals surface area contributed by atoms with Gasteiger partial charge < -0.3 is 25.2 Å². The Morgan fingerprint density at radius 3 is 2.48 bits per heavy atom. The van der Waals surface area contributed by atoms with Gasteiger partial charge >= 0.3 is 0 Å². The molecular weight excluding hydrogens is 537 g/mol. The van der Waals surface area contributed by atoms with Gasteiger partial charge in [0.1, 0.15) is 11.6 Å². The minimum atomic E-state index is -0.555. The molecule has 2 aromatic carbocycles. The number of aryl methyl sites for hydroxylation is 1. The second-order valence-corrected chi connectivity index (χ2v) is 9.50. The third-order valence-corrected chi connectivity index (χ3v) is 6.36. The predicted octanol–water partition coefficient (Wildman–Crippen LogP) is 5.13. The van der Waals surface area contributed by atoms with Crippen LogP contribution in [0.1, 0.15) is 19.4 Å². The van der Waals surface area contributed by atoms with Crippen molar-refractivity contribution >= 4 is 40.0 Å². The zero-order chi connectivity index (χ0) is 31.0. The van der Waals surface area contributed by atoms with Gasteiger partial charge in [-0.3, -0.25) is 14.2 Å². The van der Waals surface area contributed by atoms with Gasteiger partial charge in [-0.1, -0.05) is 32.6 Å². The fourth-order valence-corrected chi connectivity index (χ4v) is 4.21. The molecule has 0 aliphatic carbocycles. The number of nitrogens with one attached hydrogen (secondary N) is 2. The molecule has 42 heavy (non-hydrogen) atoms. The average Bonchev–Trinajstić information content (AvgIpc) is 2.97. The number of amides is 1. The molecule has 0 fully saturated rings. The van der Waals surface area contributed by atoms with E-state index in [1.54, 1.807) is 37.4 Å². The third-order valence-electron chi connectivity index (χ3n) is 6.36. The number of hydrogen-bond acceptors (Lipinski definition) is 8. The van der Waals surface area contributed by atoms with Gasteiger partial charge in [0.15, 0.2) is 5.65 Å². The van der Waals surface area contributed by atoms with Crippen LogP contribution in [0.4, 0.5) is 27.4 Å². The van der Waals surface area contributed by atoms with Crippen molar-refractivity contribution in [3.05, 3.63) is 83.1 Å². The number of likely N-dealkylation sites (N-methyl/N-ethyl adjacent to an activating group) is 2. The standard InChI is InChI=1S/C29H32FN7O3.C2H6/c1-7-26(38)32-21-15-22(25(40-6)16-24(21)36(5)13-12-35(3)4)33-29-31-17-19-18(2)14-27(39)37(28(19)34-29)23-11-9-8-10-20(23)30;1-2/h7-11,14-17H,1,12-13H2,2-6H3,(H,32,38)(H,31,33,34);1-2H3. The summed E-state index contributed by atoms with van der Waals surface area (Å²) in [7, 11) is 7.43. The molecule has 0 atom stereocenters. The zero-order valence-electron chi connectivity index (χ0n) is 25.2. The topological polar surface area (TPSA) is 105 Å². The summed E-state index contributed by atoms with van der Waals surface area (Å²) in [5, 5.41) is 6.58. The van der Waals surface area contributed by atoms with Crippen LogP contribution in [0.2, 0.25) is 0 Å². The van der Waals surface area contributed by atoms with E-state index in [2.05, 4.69) is 32.1 Å². The molecule has 4 rings (SSSR count). The van der Waals surface area contributed by atoms with E-state index in [9.17, 15) is 14.0 Å². The first kappa shape index (κ1) is 31.8. The first-order valence-electron chi connectivity index (χ1n) is 13.6. The molecule has 0 radical (unpaired) electrons. The van der Waals surface area contributed by atoms with Crippen LogP contribution >= 0.6 is 0 Å². The van der Waals surface area contributed by atoms with Crippen molar-refractivity contribution in [3.8, 4) is 11.4 Å². The quantitative estimate of drug-likeness (QED) is 0.251. The van der Waals surface area contributed by atoms with Crippen LogP contribution in [0.15, 0.2) is 66.1 Å². The number of nitrogens with zero attached hydrogens (tertiary/aromatic N) is 5. The van der Waals surface area contributed by atoms with Gasteiger partial charge in [0.05, 0.1) is 29.9 Å². The van der Waals surface area contributed by atoms with Crippen molar-refractivity contribution in [3.63, 3.8) is 0 Å². The summed E-state index contributed by atoms with van der Waals surface area (Å²) in [4.78, 5) is 38.3. The number of rotatable bonds is 10. The summed E-state index contributed by atoms with van der Waals surface area (Å²) in [6, 6.07) is 11.0. The van der Waals surface area contributed by atoms with E-state index in [0.717, 1.165) is 12.2 Å². The van der Waals surface area contributed by atoms with Crippen LogP contribution in [0.25, 0.3) is 16.7 Å². The molecule has 2 aromatic heterocycles. The molecule has 0 aliphatic heterocycles. The van der Waals surface area contributed by atoms with E-state index in [-0.39, 0.29) is 23.2 Å². The number of hydrogen-bond donors (Lipinski definition) is 2. The van der Waals surface area contributed by atoms with Crippen molar-refractivity contribution in [2.24, 2.45) is 0 Å². The van der Waals surface area contributed by atoms with Gasteiger partial charge in [0, 0.05) is 43.9 Å². The maximum Gasteiger partial charge on any atom is 0.257 e. The second-order valence-electron chi connectivity index (χ2n) is 9.50. The van der Waals surface area contributed by atoms with Crippen LogP contribution in [0, 0.1) is 12.7 Å². The zero-order valence-corrected chi connectivity index (χ0v) is 25.2. The SMILES string of the molecule is C=CC(=O)Nc1cc(Nc2ncc3c(C)cc(=O)n(-c4ccccc4F)c3n2)c(OC)cc1N(C)CCN(C)C.CC. The van der Waals surface area contributed by atoms with Crippen LogP contribution in [0.5, 0.6) is 5.75 Å². The number of para-hydroxylation sites is 1. The molecule has 0 bridgehead atoms. The number of methoxy groups -OCH3 is 1. The van der Waals surface area contributed by atoms with Crippen molar-refractivity contribution in [1.29, 1.82) is 0 Å². The Balaban J connectivity index is 0.00000237. The highest BCUT2D eigenvalue weighted by Gasteiger charge is 2.18. The second kappa shape index (κ2) is 14.2. The maximum atomic E-state index is 14.7. The number of carbonyl (C=O) groups excluding carboxylic acids is 1. The van der Waals surface area contributed by atoms with Crippen molar-refractivity contribution < 1.29 is 13.9 Å². The summed E-state index contributed by atoms with van der Waals surface area (Å²) >= 11 is 0. The Bertz CT molecular complexity index is 1640. The monoisotopic (exact) mass is 575 g/mol. The Morgan fingerprint density at radius 1 is 1.12 bits per heavy atom. The van der Waals surface area contributed by atoms with Gasteiger partial charge in [0.2, 0.25) is 11.9 Å².